The molecule has 1 aromatic rings. The normalized spacial score (nSPS) is 37.0. The van der Waals surface area contributed by atoms with Crippen molar-refractivity contribution in [1.82, 2.24) is 5.32 Å². The topological polar surface area (TPSA) is 113 Å². The Morgan fingerprint density at radius 3 is 2.36 bits per heavy atom. The number of carbonyl (C=O) groups is 3. The lowest BCUT2D eigenvalue weighted by molar-refractivity contribution is -0.235. The molecule has 9 atom stereocenters. The fraction of sp³-hybridized carbons (Fsp3) is 0.750. The number of carbonyl (C=O) groups excluding carboxylic acids is 2. The molecule has 0 heterocycles. The predicted octanol–water partition coefficient (Wildman–Crippen LogP) is 9.32. The van der Waals surface area contributed by atoms with Crippen molar-refractivity contribution < 1.29 is 33.7 Å². The van der Waals surface area contributed by atoms with Gasteiger partial charge >= 0.3 is 11.9 Å². The number of ether oxygens (including phenoxy) is 1. The van der Waals surface area contributed by atoms with Gasteiger partial charge in [-0.25, -0.2) is 4.39 Å². The number of halogens is 2. The summed E-state index contributed by atoms with van der Waals surface area (Å²) in [6.07, 6.45) is 6.56. The maximum atomic E-state index is 14.7. The number of benzene rings is 1. The Labute approximate surface area is 321 Å². The molecule has 5 aliphatic rings. The van der Waals surface area contributed by atoms with Gasteiger partial charge in [-0.1, -0.05) is 77.8 Å². The zero-order chi connectivity index (χ0) is 39.1. The first-order chi connectivity index (χ1) is 24.6. The standard InChI is InChI=1S/C44H63ClFNO6/c1-25(2)35-29(48)21-44(32(49)24-47-23-26-11-10-12-28(45)37(26)46)20-19-42(8)27(36(35)44)13-14-31-41(7)17-16-33(53-34(50)22-39(3,4)38(51)52)40(5,6)30(41)15-18-43(31,42)9/h10-12,25,27,30-33,47,49H,13-24H2,1-9H3,(H,51,52). The summed E-state index contributed by atoms with van der Waals surface area (Å²) in [6.45, 7) is 19.9. The third-order valence-corrected chi connectivity index (χ3v) is 16.5. The van der Waals surface area contributed by atoms with Gasteiger partial charge in [0.15, 0.2) is 5.78 Å². The van der Waals surface area contributed by atoms with E-state index < -0.39 is 34.7 Å². The van der Waals surface area contributed by atoms with Crippen molar-refractivity contribution in [2.24, 2.45) is 56.2 Å². The fourth-order valence-corrected chi connectivity index (χ4v) is 13.3. The second kappa shape index (κ2) is 13.7. The Kier molecular flexibility index (Phi) is 10.5. The Morgan fingerprint density at radius 2 is 1.70 bits per heavy atom. The summed E-state index contributed by atoms with van der Waals surface area (Å²) in [4.78, 5) is 38.8. The zero-order valence-corrected chi connectivity index (χ0v) is 34.2. The molecule has 0 spiro atoms. The van der Waals surface area contributed by atoms with E-state index >= 15 is 0 Å². The Morgan fingerprint density at radius 1 is 1.00 bits per heavy atom. The number of carboxylic acid groups (broad SMARTS) is 1. The number of aliphatic carboxylic acids is 1. The summed E-state index contributed by atoms with van der Waals surface area (Å²) in [5.41, 5.74) is 0.471. The van der Waals surface area contributed by atoms with Crippen LogP contribution in [0.1, 0.15) is 132 Å². The van der Waals surface area contributed by atoms with E-state index in [0.29, 0.717) is 23.8 Å². The minimum atomic E-state index is -1.18. The summed E-state index contributed by atoms with van der Waals surface area (Å²) in [5, 5.41) is 25.1. The molecule has 4 fully saturated rings. The largest absolute Gasteiger partial charge is 0.481 e. The van der Waals surface area contributed by atoms with Crippen LogP contribution in [-0.4, -0.2) is 46.7 Å². The lowest BCUT2D eigenvalue weighted by Gasteiger charge is -2.72. The van der Waals surface area contributed by atoms with Crippen LogP contribution < -0.4 is 5.32 Å². The van der Waals surface area contributed by atoms with Crippen LogP contribution in [-0.2, 0) is 25.7 Å². The quantitative estimate of drug-likeness (QED) is 0.204. The molecular weight excluding hydrogens is 693 g/mol. The van der Waals surface area contributed by atoms with Crippen molar-refractivity contribution in [3.05, 3.63) is 45.7 Å². The molecular formula is C44H63ClFNO6. The van der Waals surface area contributed by atoms with Crippen molar-refractivity contribution in [2.75, 3.05) is 6.54 Å². The van der Waals surface area contributed by atoms with Crippen LogP contribution in [0.4, 0.5) is 4.39 Å². The fourth-order valence-electron chi connectivity index (χ4n) is 13.1. The van der Waals surface area contributed by atoms with E-state index in [0.717, 1.165) is 56.9 Å². The van der Waals surface area contributed by atoms with Gasteiger partial charge in [-0.3, -0.25) is 14.4 Å². The van der Waals surface area contributed by atoms with E-state index in [-0.39, 0.29) is 69.9 Å². The molecule has 5 aliphatic carbocycles. The molecule has 9 unspecified atom stereocenters. The third kappa shape index (κ3) is 6.24. The van der Waals surface area contributed by atoms with Crippen molar-refractivity contribution in [3.8, 4) is 0 Å². The number of ketones is 1. The van der Waals surface area contributed by atoms with E-state index in [9.17, 15) is 29.0 Å². The highest BCUT2D eigenvalue weighted by Gasteiger charge is 2.70. The van der Waals surface area contributed by atoms with Crippen LogP contribution in [0.15, 0.2) is 29.3 Å². The molecule has 3 N–H and O–H groups in total. The number of aliphatic hydroxyl groups excluding tert-OH is 1. The van der Waals surface area contributed by atoms with E-state index in [2.05, 4.69) is 53.8 Å². The van der Waals surface area contributed by atoms with E-state index in [1.54, 1.807) is 26.0 Å². The number of hydrogen-bond donors (Lipinski definition) is 3. The van der Waals surface area contributed by atoms with Crippen molar-refractivity contribution >= 4 is 29.3 Å². The monoisotopic (exact) mass is 755 g/mol. The highest BCUT2D eigenvalue weighted by atomic mass is 35.5. The molecule has 0 aliphatic heterocycles. The molecule has 6 rings (SSSR count). The van der Waals surface area contributed by atoms with E-state index in [4.69, 9.17) is 16.3 Å². The van der Waals surface area contributed by atoms with Crippen LogP contribution in [0.2, 0.25) is 5.02 Å². The number of nitrogens with one attached hydrogen (secondary N) is 1. The van der Waals surface area contributed by atoms with Gasteiger partial charge in [0.25, 0.3) is 0 Å². The van der Waals surface area contributed by atoms with Gasteiger partial charge in [-0.05, 0) is 117 Å². The van der Waals surface area contributed by atoms with E-state index in [1.165, 1.54) is 11.6 Å². The highest BCUT2D eigenvalue weighted by molar-refractivity contribution is 6.30. The van der Waals surface area contributed by atoms with Crippen LogP contribution >= 0.6 is 11.6 Å². The first-order valence-electron chi connectivity index (χ1n) is 20.1. The number of hydrogen-bond acceptors (Lipinski definition) is 6. The van der Waals surface area contributed by atoms with Crippen molar-refractivity contribution in [1.29, 1.82) is 0 Å². The SMILES string of the molecule is CC(C)C1=C2C3CCC4C5(C)CCC(OC(=O)CC(C)(C)C(=O)O)C(C)(C)C5CCC4(C)C3(C)CCC2(C(O)CNCc2cccc(Cl)c2F)CC1=O. The molecule has 7 nitrogen and oxygen atoms in total. The Bertz CT molecular complexity index is 1690. The molecule has 0 bridgehead atoms. The van der Waals surface area contributed by atoms with Gasteiger partial charge in [0, 0.05) is 35.9 Å². The van der Waals surface area contributed by atoms with Crippen LogP contribution in [0, 0.1) is 62.0 Å². The molecule has 0 aromatic heterocycles. The van der Waals surface area contributed by atoms with E-state index in [1.807, 2.05) is 0 Å². The molecule has 1 aromatic carbocycles. The van der Waals surface area contributed by atoms with Gasteiger partial charge in [-0.15, -0.1) is 0 Å². The maximum Gasteiger partial charge on any atom is 0.309 e. The summed E-state index contributed by atoms with van der Waals surface area (Å²) in [5.74, 6) is -0.695. The first kappa shape index (κ1) is 40.4. The van der Waals surface area contributed by atoms with Crippen molar-refractivity contribution in [3.63, 3.8) is 0 Å². The molecule has 0 amide bonds. The molecule has 294 valence electrons. The number of Topliss-reactive ketones (excluding diaryl/α,β-unsaturated/α-hetero) is 1. The Hall–Kier alpha value is -2.29. The molecule has 4 saturated carbocycles. The minimum Gasteiger partial charge on any atom is -0.481 e. The first-order valence-corrected chi connectivity index (χ1v) is 20.5. The van der Waals surface area contributed by atoms with Gasteiger partial charge in [-0.2, -0.15) is 0 Å². The van der Waals surface area contributed by atoms with Crippen LogP contribution in [0.3, 0.4) is 0 Å². The minimum absolute atomic E-state index is 0.00641. The molecule has 0 saturated heterocycles. The predicted molar refractivity (Wildman–Crippen MR) is 204 cm³/mol. The van der Waals surface area contributed by atoms with Gasteiger partial charge in [0.2, 0.25) is 0 Å². The zero-order valence-electron chi connectivity index (χ0n) is 33.5. The second-order valence-electron chi connectivity index (χ2n) is 19.9. The summed E-state index contributed by atoms with van der Waals surface area (Å²) in [7, 11) is 0. The molecule has 53 heavy (non-hydrogen) atoms. The lowest BCUT2D eigenvalue weighted by Crippen LogP contribution is -2.66. The van der Waals surface area contributed by atoms with Gasteiger partial charge < -0.3 is 20.3 Å². The maximum absolute atomic E-state index is 14.7. The molecule has 0 radical (unpaired) electrons. The second-order valence-corrected chi connectivity index (χ2v) is 20.3. The van der Waals surface area contributed by atoms with Gasteiger partial charge in [0.1, 0.15) is 11.9 Å². The third-order valence-electron chi connectivity index (χ3n) is 16.2. The number of esters is 1. The smallest absolute Gasteiger partial charge is 0.309 e. The Balaban J connectivity index is 1.26. The summed E-state index contributed by atoms with van der Waals surface area (Å²) < 4.78 is 20.8. The van der Waals surface area contributed by atoms with Gasteiger partial charge in [0.05, 0.1) is 23.0 Å². The number of allylic oxidation sites excluding steroid dienone is 1. The molecule has 9 heteroatoms. The lowest BCUT2D eigenvalue weighted by atomic mass is 9.33. The van der Waals surface area contributed by atoms with Crippen molar-refractivity contribution in [2.45, 2.75) is 145 Å². The number of rotatable bonds is 10. The highest BCUT2D eigenvalue weighted by Crippen LogP contribution is 2.77. The number of carboxylic acids is 1. The number of fused-ring (bicyclic) bond motifs is 7. The summed E-state index contributed by atoms with van der Waals surface area (Å²) in [6, 6.07) is 4.95. The van der Waals surface area contributed by atoms with Crippen LogP contribution in [0.25, 0.3) is 0 Å². The summed E-state index contributed by atoms with van der Waals surface area (Å²) >= 11 is 6.03. The van der Waals surface area contributed by atoms with Crippen LogP contribution in [0.5, 0.6) is 0 Å². The average molecular weight is 756 g/mol. The number of aliphatic hydroxyl groups is 1. The average Bonchev–Trinajstić information content (AvgIpc) is 3.37.